The zero-order valence-corrected chi connectivity index (χ0v) is 8.14. The van der Waals surface area contributed by atoms with Crippen molar-refractivity contribution in [2.75, 3.05) is 13.3 Å². The van der Waals surface area contributed by atoms with E-state index < -0.39 is 7.60 Å². The second-order valence-corrected chi connectivity index (χ2v) is 3.63. The third-order valence-corrected chi connectivity index (χ3v) is 2.37. The van der Waals surface area contributed by atoms with Crippen molar-refractivity contribution in [3.8, 4) is 0 Å². The van der Waals surface area contributed by atoms with E-state index >= 15 is 0 Å². The molecular weight excluding hydrogens is 158 g/mol. The van der Waals surface area contributed by atoms with Crippen LogP contribution in [-0.2, 0) is 9.09 Å². The molecule has 0 bridgehead atoms. The molecule has 0 radical (unpaired) electrons. The minimum absolute atomic E-state index is 0. The Morgan fingerprint density at radius 2 is 2.11 bits per heavy atom. The molecule has 1 N–H and O–H groups in total. The van der Waals surface area contributed by atoms with Gasteiger partial charge in [0.2, 0.25) is 0 Å². The smallest absolute Gasteiger partial charge is 0.324 e. The molecule has 0 spiro atoms. The van der Waals surface area contributed by atoms with Gasteiger partial charge in [0.25, 0.3) is 0 Å². The molecule has 0 aliphatic carbocycles. The van der Waals surface area contributed by atoms with Crippen molar-refractivity contribution in [2.45, 2.75) is 13.3 Å². The number of hydrogen-bond donors (Lipinski definition) is 1. The van der Waals surface area contributed by atoms with Gasteiger partial charge < -0.3 is 9.42 Å². The minimum atomic E-state index is -3.17. The summed E-state index contributed by atoms with van der Waals surface area (Å²) in [6.07, 6.45) is 0.936. The van der Waals surface area contributed by atoms with Crippen LogP contribution in [0.1, 0.15) is 13.3 Å². The van der Waals surface area contributed by atoms with Gasteiger partial charge in [0, 0.05) is 13.3 Å². The fraction of sp³-hybridized carbons (Fsp3) is 1.00. The first kappa shape index (κ1) is 12.3. The highest BCUT2D eigenvalue weighted by atomic mass is 31.2. The normalized spacial score (nSPS) is 15.9. The first-order valence-corrected chi connectivity index (χ1v) is 4.26. The average molecular weight is 172 g/mol. The molecule has 0 aromatic rings. The topological polar surface area (TPSA) is 46.5 Å². The third-order valence-electron chi connectivity index (χ3n) is 0.791. The fourth-order valence-electron chi connectivity index (χ4n) is 0.374. The quantitative estimate of drug-likeness (QED) is 0.652. The molecule has 5 heteroatoms. The van der Waals surface area contributed by atoms with E-state index in [4.69, 9.17) is 4.89 Å². The van der Waals surface area contributed by atoms with E-state index in [1.54, 1.807) is 0 Å². The molecule has 58 valence electrons. The van der Waals surface area contributed by atoms with Crippen molar-refractivity contribution < 1.29 is 14.0 Å². The Kier molecular flexibility index (Phi) is 7.33. The van der Waals surface area contributed by atoms with Gasteiger partial charge in [0.15, 0.2) is 0 Å². The van der Waals surface area contributed by atoms with Gasteiger partial charge in [-0.15, -0.1) is 0 Å². The molecule has 0 aromatic carbocycles. The lowest BCUT2D eigenvalue weighted by Gasteiger charge is -2.04. The molecule has 9 heavy (non-hydrogen) atoms. The Morgan fingerprint density at radius 1 is 1.67 bits per heavy atom. The molecule has 2 unspecified atom stereocenters. The molecule has 0 saturated carbocycles. The van der Waals surface area contributed by atoms with Crippen LogP contribution >= 0.6 is 17.5 Å². The predicted molar refractivity (Wildman–Crippen MR) is 43.1 cm³/mol. The van der Waals surface area contributed by atoms with Crippen molar-refractivity contribution in [3.05, 3.63) is 0 Å². The van der Waals surface area contributed by atoms with E-state index in [0.717, 1.165) is 0 Å². The SMILES string of the molecule is CCCP(=O)(O)OC.P. The van der Waals surface area contributed by atoms with E-state index in [0.29, 0.717) is 6.42 Å². The van der Waals surface area contributed by atoms with E-state index in [9.17, 15) is 4.57 Å². The maximum atomic E-state index is 10.5. The Bertz CT molecular complexity index is 104. The number of hydrogen-bond acceptors (Lipinski definition) is 2. The maximum Gasteiger partial charge on any atom is 0.327 e. The zero-order chi connectivity index (χ0) is 6.62. The highest BCUT2D eigenvalue weighted by Gasteiger charge is 2.13. The van der Waals surface area contributed by atoms with Crippen LogP contribution < -0.4 is 0 Å². The van der Waals surface area contributed by atoms with Crippen LogP contribution in [0, 0.1) is 0 Å². The lowest BCUT2D eigenvalue weighted by molar-refractivity contribution is 0.315. The van der Waals surface area contributed by atoms with Crippen LogP contribution in [0.25, 0.3) is 0 Å². The van der Waals surface area contributed by atoms with Gasteiger partial charge in [0.05, 0.1) is 0 Å². The maximum absolute atomic E-state index is 10.5. The fourth-order valence-corrected chi connectivity index (χ4v) is 1.12. The molecule has 0 aliphatic rings. The molecule has 3 nitrogen and oxygen atoms in total. The number of rotatable bonds is 3. The van der Waals surface area contributed by atoms with E-state index in [1.165, 1.54) is 7.11 Å². The summed E-state index contributed by atoms with van der Waals surface area (Å²) in [4.78, 5) is 8.66. The molecule has 0 heterocycles. The average Bonchev–Trinajstić information content (AvgIpc) is 1.67. The summed E-state index contributed by atoms with van der Waals surface area (Å²) >= 11 is 0. The second-order valence-electron chi connectivity index (χ2n) is 1.54. The van der Waals surface area contributed by atoms with Gasteiger partial charge in [0.1, 0.15) is 0 Å². The van der Waals surface area contributed by atoms with Gasteiger partial charge in [-0.2, -0.15) is 9.90 Å². The summed E-state index contributed by atoms with van der Waals surface area (Å²) in [5, 5.41) is 0. The molecular formula is C4H14O3P2. The Morgan fingerprint density at radius 3 is 2.22 bits per heavy atom. The zero-order valence-electron chi connectivity index (χ0n) is 5.83. The lowest BCUT2D eigenvalue weighted by atomic mass is 10.6. The van der Waals surface area contributed by atoms with Gasteiger partial charge in [-0.3, -0.25) is 4.57 Å². The molecule has 0 amide bonds. The van der Waals surface area contributed by atoms with E-state index in [-0.39, 0.29) is 16.1 Å². The Balaban J connectivity index is 0. The van der Waals surface area contributed by atoms with Gasteiger partial charge in [-0.25, -0.2) is 0 Å². The van der Waals surface area contributed by atoms with E-state index in [1.807, 2.05) is 6.92 Å². The van der Waals surface area contributed by atoms with Crippen LogP contribution in [0.15, 0.2) is 0 Å². The highest BCUT2D eigenvalue weighted by molar-refractivity contribution is 7.52. The largest absolute Gasteiger partial charge is 0.327 e. The van der Waals surface area contributed by atoms with Crippen LogP contribution in [0.3, 0.4) is 0 Å². The van der Waals surface area contributed by atoms with Gasteiger partial charge in [-0.05, 0) is 6.42 Å². The first-order chi connectivity index (χ1) is 3.62. The predicted octanol–water partition coefficient (Wildman–Crippen LogP) is 1.29. The van der Waals surface area contributed by atoms with Crippen molar-refractivity contribution in [3.63, 3.8) is 0 Å². The van der Waals surface area contributed by atoms with Crippen LogP contribution in [0.2, 0.25) is 0 Å². The molecule has 0 aromatic heterocycles. The van der Waals surface area contributed by atoms with Gasteiger partial charge in [-0.1, -0.05) is 6.92 Å². The van der Waals surface area contributed by atoms with Crippen molar-refractivity contribution >= 4 is 17.5 Å². The molecule has 0 rings (SSSR count). The monoisotopic (exact) mass is 172 g/mol. The Labute approximate surface area is 59.0 Å². The summed E-state index contributed by atoms with van der Waals surface area (Å²) in [7, 11) is -1.93. The standard InChI is InChI=1S/C4H11O3P.H3P/c1-3-4-8(5,6)7-2;/h3-4H2,1-2H3,(H,5,6);1H3. The van der Waals surface area contributed by atoms with Crippen LogP contribution in [-0.4, -0.2) is 18.2 Å². The summed E-state index contributed by atoms with van der Waals surface area (Å²) in [6, 6.07) is 0. The van der Waals surface area contributed by atoms with Crippen molar-refractivity contribution in [1.82, 2.24) is 0 Å². The van der Waals surface area contributed by atoms with Gasteiger partial charge >= 0.3 is 7.60 Å². The van der Waals surface area contributed by atoms with Crippen LogP contribution in [0.5, 0.6) is 0 Å². The summed E-state index contributed by atoms with van der Waals surface area (Å²) in [5.74, 6) is 0. The first-order valence-electron chi connectivity index (χ1n) is 2.50. The summed E-state index contributed by atoms with van der Waals surface area (Å²) < 4.78 is 14.8. The molecule has 2 atom stereocenters. The lowest BCUT2D eigenvalue weighted by Crippen LogP contribution is -1.87. The summed E-state index contributed by atoms with van der Waals surface area (Å²) in [6.45, 7) is 1.84. The molecule has 0 aliphatic heterocycles. The summed E-state index contributed by atoms with van der Waals surface area (Å²) in [5.41, 5.74) is 0. The highest BCUT2D eigenvalue weighted by Crippen LogP contribution is 2.40. The minimum Gasteiger partial charge on any atom is -0.324 e. The Hall–Kier alpha value is 0.580. The second kappa shape index (κ2) is 5.37. The molecule has 0 fully saturated rings. The molecule has 0 saturated heterocycles. The van der Waals surface area contributed by atoms with Crippen molar-refractivity contribution in [2.24, 2.45) is 0 Å². The van der Waals surface area contributed by atoms with Crippen molar-refractivity contribution in [1.29, 1.82) is 0 Å². The van der Waals surface area contributed by atoms with E-state index in [2.05, 4.69) is 4.52 Å². The van der Waals surface area contributed by atoms with Crippen LogP contribution in [0.4, 0.5) is 0 Å². The third kappa shape index (κ3) is 6.47.